The Kier molecular flexibility index (Phi) is 6.39. The van der Waals surface area contributed by atoms with Gasteiger partial charge in [0.25, 0.3) is 5.91 Å². The summed E-state index contributed by atoms with van der Waals surface area (Å²) in [5, 5.41) is 3.23. The average molecular weight is 447 g/mol. The largest absolute Gasteiger partial charge is 0.340 e. The van der Waals surface area contributed by atoms with E-state index in [2.05, 4.69) is 46.0 Å². The van der Waals surface area contributed by atoms with Crippen molar-refractivity contribution < 1.29 is 9.59 Å². The zero-order chi connectivity index (χ0) is 22.1. The number of piperazine rings is 1. The summed E-state index contributed by atoms with van der Waals surface area (Å²) in [5.74, 6) is 1.11. The van der Waals surface area contributed by atoms with Crippen LogP contribution in [0.4, 0.5) is 4.79 Å². The van der Waals surface area contributed by atoms with Crippen LogP contribution in [-0.4, -0.2) is 89.5 Å². The van der Waals surface area contributed by atoms with Gasteiger partial charge in [-0.1, -0.05) is 37.6 Å². The van der Waals surface area contributed by atoms with E-state index < -0.39 is 12.2 Å². The maximum atomic E-state index is 12.7. The predicted molar refractivity (Wildman–Crippen MR) is 121 cm³/mol. The van der Waals surface area contributed by atoms with Gasteiger partial charge in [0.1, 0.15) is 0 Å². The molecule has 2 fully saturated rings. The van der Waals surface area contributed by atoms with Gasteiger partial charge in [0.05, 0.1) is 0 Å². The molecular weight excluding hydrogens is 416 g/mol. The first kappa shape index (κ1) is 21.9. The fourth-order valence-electron chi connectivity index (χ4n) is 4.37. The Morgan fingerprint density at radius 1 is 1.13 bits per heavy atom. The third-order valence-corrected chi connectivity index (χ3v) is 6.51. The van der Waals surface area contributed by atoms with Gasteiger partial charge in [-0.05, 0) is 30.0 Å². The van der Waals surface area contributed by atoms with E-state index in [1.807, 2.05) is 12.1 Å². The number of hydrogen-bond acceptors (Lipinski definition) is 6. The summed E-state index contributed by atoms with van der Waals surface area (Å²) in [6.07, 6.45) is 0.500. The van der Waals surface area contributed by atoms with Crippen LogP contribution in [-0.2, 0) is 11.3 Å². The number of hydrogen-bond donors (Lipinski definition) is 1. The highest BCUT2D eigenvalue weighted by atomic mass is 35.5. The number of guanidine groups is 1. The summed E-state index contributed by atoms with van der Waals surface area (Å²) < 4.78 is 0. The van der Waals surface area contributed by atoms with Crippen molar-refractivity contribution in [1.29, 1.82) is 0 Å². The Labute approximate surface area is 188 Å². The molecule has 3 heterocycles. The van der Waals surface area contributed by atoms with E-state index in [0.717, 1.165) is 56.7 Å². The number of nitrogens with zero attached hydrogens (tertiary/aromatic N) is 5. The van der Waals surface area contributed by atoms with Crippen LogP contribution >= 0.6 is 11.6 Å². The van der Waals surface area contributed by atoms with E-state index in [4.69, 9.17) is 16.6 Å². The molecule has 3 amide bonds. The highest BCUT2D eigenvalue weighted by Gasteiger charge is 2.49. The van der Waals surface area contributed by atoms with Gasteiger partial charge in [0.15, 0.2) is 18.2 Å². The zero-order valence-corrected chi connectivity index (χ0v) is 19.2. The summed E-state index contributed by atoms with van der Waals surface area (Å²) in [5.41, 5.74) is 1.25. The SMILES string of the molecule is CC(C)CCN1C(N2CCN(Cc3ccc(Cl)cc3)CC2)=NC2C1C(=O)NC(=O)N2C. The minimum absolute atomic E-state index is 0.253. The number of amides is 3. The Bertz CT molecular complexity index is 850. The summed E-state index contributed by atoms with van der Waals surface area (Å²) in [4.78, 5) is 38.0. The Morgan fingerprint density at radius 3 is 2.45 bits per heavy atom. The van der Waals surface area contributed by atoms with Crippen LogP contribution < -0.4 is 5.32 Å². The number of nitrogens with one attached hydrogen (secondary N) is 1. The highest BCUT2D eigenvalue weighted by molar-refractivity contribution is 6.30. The molecule has 0 saturated carbocycles. The molecule has 3 aliphatic rings. The molecule has 1 N–H and O–H groups in total. The van der Waals surface area contributed by atoms with Crippen LogP contribution in [0.1, 0.15) is 25.8 Å². The van der Waals surface area contributed by atoms with Crippen molar-refractivity contribution in [3.05, 3.63) is 34.9 Å². The standard InChI is InChI=1S/C22H31ClN6O2/c1-15(2)8-9-29-18-19(26(3)22(31)25-20(18)30)24-21(29)28-12-10-27(11-13-28)14-16-4-6-17(23)7-5-16/h4-7,15,18-19H,8-14H2,1-3H3,(H,25,30,31). The van der Waals surface area contributed by atoms with Gasteiger partial charge in [-0.3, -0.25) is 15.0 Å². The maximum absolute atomic E-state index is 12.7. The quantitative estimate of drug-likeness (QED) is 0.749. The Morgan fingerprint density at radius 2 is 1.81 bits per heavy atom. The lowest BCUT2D eigenvalue weighted by atomic mass is 10.1. The van der Waals surface area contributed by atoms with Crippen LogP contribution in [0.2, 0.25) is 5.02 Å². The normalized spacial score (nSPS) is 24.5. The molecule has 1 aromatic rings. The maximum Gasteiger partial charge on any atom is 0.325 e. The second-order valence-corrected chi connectivity index (χ2v) is 9.39. The molecule has 2 saturated heterocycles. The van der Waals surface area contributed by atoms with Gasteiger partial charge in [0.2, 0.25) is 0 Å². The summed E-state index contributed by atoms with van der Waals surface area (Å²) >= 11 is 6.00. The van der Waals surface area contributed by atoms with E-state index in [9.17, 15) is 9.59 Å². The molecule has 9 heteroatoms. The first-order chi connectivity index (χ1) is 14.8. The van der Waals surface area contributed by atoms with Gasteiger partial charge < -0.3 is 14.7 Å². The number of urea groups is 1. The van der Waals surface area contributed by atoms with Crippen LogP contribution in [0, 0.1) is 5.92 Å². The molecule has 8 nitrogen and oxygen atoms in total. The number of aliphatic imine (C=N–C) groups is 1. The second-order valence-electron chi connectivity index (χ2n) is 8.96. The first-order valence-electron chi connectivity index (χ1n) is 11.0. The minimum atomic E-state index is -0.462. The summed E-state index contributed by atoms with van der Waals surface area (Å²) in [6.45, 7) is 9.49. The van der Waals surface area contributed by atoms with Crippen molar-refractivity contribution in [2.75, 3.05) is 39.8 Å². The lowest BCUT2D eigenvalue weighted by Crippen LogP contribution is -2.64. The molecule has 0 aliphatic carbocycles. The van der Waals surface area contributed by atoms with Gasteiger partial charge >= 0.3 is 6.03 Å². The van der Waals surface area contributed by atoms with E-state index in [0.29, 0.717) is 5.92 Å². The monoisotopic (exact) mass is 446 g/mol. The lowest BCUT2D eigenvalue weighted by Gasteiger charge is -2.40. The van der Waals surface area contributed by atoms with Crippen molar-refractivity contribution in [3.8, 4) is 0 Å². The Hall–Kier alpha value is -2.32. The van der Waals surface area contributed by atoms with E-state index in [-0.39, 0.29) is 11.9 Å². The number of halogens is 1. The van der Waals surface area contributed by atoms with Crippen LogP contribution in [0.15, 0.2) is 29.3 Å². The second kappa shape index (κ2) is 9.04. The smallest absolute Gasteiger partial charge is 0.325 e. The molecule has 0 spiro atoms. The number of carbonyl (C=O) groups is 2. The van der Waals surface area contributed by atoms with Gasteiger partial charge in [-0.15, -0.1) is 0 Å². The van der Waals surface area contributed by atoms with Crippen molar-refractivity contribution in [1.82, 2.24) is 24.9 Å². The molecule has 3 aliphatic heterocycles. The molecule has 4 rings (SSSR count). The van der Waals surface area contributed by atoms with Crippen LogP contribution in [0.3, 0.4) is 0 Å². The molecule has 2 unspecified atom stereocenters. The molecule has 2 atom stereocenters. The molecule has 1 aromatic carbocycles. The number of carbonyl (C=O) groups excluding carboxylic acids is 2. The Balaban J connectivity index is 1.45. The lowest BCUT2D eigenvalue weighted by molar-refractivity contribution is -0.127. The van der Waals surface area contributed by atoms with Crippen molar-refractivity contribution in [2.45, 2.75) is 39.0 Å². The molecular formula is C22H31ClN6O2. The number of benzene rings is 1. The highest BCUT2D eigenvalue weighted by Crippen LogP contribution is 2.27. The summed E-state index contributed by atoms with van der Waals surface area (Å²) in [7, 11) is 1.70. The molecule has 31 heavy (non-hydrogen) atoms. The van der Waals surface area contributed by atoms with E-state index >= 15 is 0 Å². The fourth-order valence-corrected chi connectivity index (χ4v) is 4.49. The number of rotatable bonds is 5. The molecule has 168 valence electrons. The minimum Gasteiger partial charge on any atom is -0.340 e. The average Bonchev–Trinajstić information content (AvgIpc) is 3.13. The van der Waals surface area contributed by atoms with Crippen molar-refractivity contribution in [2.24, 2.45) is 10.9 Å². The van der Waals surface area contributed by atoms with Gasteiger partial charge in [0, 0.05) is 51.3 Å². The van der Waals surface area contributed by atoms with Crippen molar-refractivity contribution >= 4 is 29.5 Å². The number of imide groups is 1. The topological polar surface area (TPSA) is 71.5 Å². The third kappa shape index (κ3) is 4.65. The first-order valence-corrected chi connectivity index (χ1v) is 11.3. The number of likely N-dealkylation sites (N-methyl/N-ethyl adjacent to an activating group) is 1. The van der Waals surface area contributed by atoms with Gasteiger partial charge in [-0.25, -0.2) is 9.79 Å². The van der Waals surface area contributed by atoms with E-state index in [1.165, 1.54) is 10.5 Å². The molecule has 0 radical (unpaired) electrons. The number of fused-ring (bicyclic) bond motifs is 1. The van der Waals surface area contributed by atoms with Crippen LogP contribution in [0.25, 0.3) is 0 Å². The third-order valence-electron chi connectivity index (χ3n) is 6.26. The van der Waals surface area contributed by atoms with Crippen molar-refractivity contribution in [3.63, 3.8) is 0 Å². The zero-order valence-electron chi connectivity index (χ0n) is 18.4. The van der Waals surface area contributed by atoms with Crippen LogP contribution in [0.5, 0.6) is 0 Å². The predicted octanol–water partition coefficient (Wildman–Crippen LogP) is 2.05. The summed E-state index contributed by atoms with van der Waals surface area (Å²) in [6, 6.07) is 7.16. The van der Waals surface area contributed by atoms with E-state index in [1.54, 1.807) is 7.05 Å². The molecule has 0 bridgehead atoms. The fraction of sp³-hybridized carbons (Fsp3) is 0.591. The molecule has 0 aromatic heterocycles. The van der Waals surface area contributed by atoms with Gasteiger partial charge in [-0.2, -0.15) is 0 Å².